The number of alkyl halides is 2. The van der Waals surface area contributed by atoms with Crippen LogP contribution in [0.15, 0.2) is 18.2 Å². The van der Waals surface area contributed by atoms with Gasteiger partial charge in [0.1, 0.15) is 0 Å². The molecule has 5 heteroatoms. The Labute approximate surface area is 120 Å². The quantitative estimate of drug-likeness (QED) is 0.454. The van der Waals surface area contributed by atoms with E-state index < -0.39 is 5.97 Å². The zero-order valence-electron chi connectivity index (χ0n) is 10.0. The first kappa shape index (κ1) is 15.2. The molecule has 1 aromatic rings. The molecule has 0 heterocycles. The molecule has 3 nitrogen and oxygen atoms in total. The second-order valence-electron chi connectivity index (χ2n) is 3.56. The molecule has 0 radical (unpaired) electrons. The van der Waals surface area contributed by atoms with Gasteiger partial charge < -0.3 is 4.74 Å². The van der Waals surface area contributed by atoms with E-state index in [0.29, 0.717) is 28.4 Å². The first-order chi connectivity index (χ1) is 8.65. The van der Waals surface area contributed by atoms with Gasteiger partial charge in [0, 0.05) is 23.2 Å². The van der Waals surface area contributed by atoms with Crippen molar-refractivity contribution in [1.82, 2.24) is 0 Å². The Bertz CT molecular complexity index is 446. The number of Topliss-reactive ketones (excluding diaryl/α,β-unsaturated/α-hetero) is 1. The number of hydrogen-bond acceptors (Lipinski definition) is 3. The Balaban J connectivity index is 3.24. The molecular weight excluding hydrogens is 319 g/mol. The van der Waals surface area contributed by atoms with Gasteiger partial charge in [0.05, 0.1) is 12.2 Å². The van der Waals surface area contributed by atoms with Crippen LogP contribution in [0.25, 0.3) is 0 Å². The van der Waals surface area contributed by atoms with Crippen molar-refractivity contribution in [2.45, 2.75) is 19.2 Å². The SMILES string of the molecule is CCOC(=O)c1c(CCl)cccc1C(=O)CCBr. The molecule has 0 saturated carbocycles. The number of carbonyl (C=O) groups is 2. The number of benzene rings is 1. The van der Waals surface area contributed by atoms with Crippen molar-refractivity contribution in [3.8, 4) is 0 Å². The van der Waals surface area contributed by atoms with E-state index in [2.05, 4.69) is 15.9 Å². The van der Waals surface area contributed by atoms with Gasteiger partial charge in [-0.2, -0.15) is 0 Å². The summed E-state index contributed by atoms with van der Waals surface area (Å²) in [6, 6.07) is 5.08. The third-order valence-electron chi connectivity index (χ3n) is 2.40. The number of ketones is 1. The molecule has 0 amide bonds. The van der Waals surface area contributed by atoms with Gasteiger partial charge in [-0.1, -0.05) is 34.1 Å². The molecule has 0 aliphatic rings. The zero-order chi connectivity index (χ0) is 13.5. The molecule has 0 unspecified atom stereocenters. The smallest absolute Gasteiger partial charge is 0.339 e. The lowest BCUT2D eigenvalue weighted by Gasteiger charge is -2.11. The Morgan fingerprint density at radius 1 is 1.39 bits per heavy atom. The molecule has 0 saturated heterocycles. The van der Waals surface area contributed by atoms with E-state index in [0.717, 1.165) is 0 Å². The minimum absolute atomic E-state index is 0.0955. The number of rotatable bonds is 6. The van der Waals surface area contributed by atoms with Crippen LogP contribution in [0.1, 0.15) is 39.6 Å². The predicted molar refractivity (Wildman–Crippen MR) is 74.7 cm³/mol. The van der Waals surface area contributed by atoms with Crippen molar-refractivity contribution in [2.24, 2.45) is 0 Å². The summed E-state index contributed by atoms with van der Waals surface area (Å²) >= 11 is 9.01. The fourth-order valence-electron chi connectivity index (χ4n) is 1.61. The summed E-state index contributed by atoms with van der Waals surface area (Å²) in [6.45, 7) is 1.99. The van der Waals surface area contributed by atoms with Crippen molar-refractivity contribution in [3.63, 3.8) is 0 Å². The highest BCUT2D eigenvalue weighted by Gasteiger charge is 2.20. The maximum Gasteiger partial charge on any atom is 0.339 e. The van der Waals surface area contributed by atoms with Crippen LogP contribution in [0, 0.1) is 0 Å². The maximum atomic E-state index is 12.0. The van der Waals surface area contributed by atoms with Crippen molar-refractivity contribution in [2.75, 3.05) is 11.9 Å². The minimum Gasteiger partial charge on any atom is -0.462 e. The summed E-state index contributed by atoms with van der Waals surface area (Å²) in [6.07, 6.45) is 0.331. The first-order valence-corrected chi connectivity index (χ1v) is 7.25. The molecule has 0 fully saturated rings. The number of hydrogen-bond donors (Lipinski definition) is 0. The van der Waals surface area contributed by atoms with Crippen molar-refractivity contribution in [3.05, 3.63) is 34.9 Å². The summed E-state index contributed by atoms with van der Waals surface area (Å²) in [5, 5.41) is 0.555. The lowest BCUT2D eigenvalue weighted by atomic mass is 9.98. The summed E-state index contributed by atoms with van der Waals surface area (Å²) in [5.74, 6) is -0.419. The average molecular weight is 334 g/mol. The zero-order valence-corrected chi connectivity index (χ0v) is 12.4. The second-order valence-corrected chi connectivity index (χ2v) is 4.62. The standard InChI is InChI=1S/C13H14BrClO3/c1-2-18-13(17)12-9(8-15)4-3-5-10(12)11(16)6-7-14/h3-5H,2,6-8H2,1H3. The number of carbonyl (C=O) groups excluding carboxylic acids is 2. The van der Waals surface area contributed by atoms with Crippen LogP contribution in [0.3, 0.4) is 0 Å². The van der Waals surface area contributed by atoms with Crippen molar-refractivity contribution < 1.29 is 14.3 Å². The summed E-state index contributed by atoms with van der Waals surface area (Å²) in [4.78, 5) is 23.9. The van der Waals surface area contributed by atoms with Gasteiger partial charge in [0.2, 0.25) is 0 Å². The van der Waals surface area contributed by atoms with E-state index >= 15 is 0 Å². The summed E-state index contributed by atoms with van der Waals surface area (Å²) in [7, 11) is 0. The number of halogens is 2. The fourth-order valence-corrected chi connectivity index (χ4v) is 2.19. The molecule has 0 N–H and O–H groups in total. The predicted octanol–water partition coefficient (Wildman–Crippen LogP) is 3.57. The van der Waals surface area contributed by atoms with Gasteiger partial charge in [0.25, 0.3) is 0 Å². The van der Waals surface area contributed by atoms with Gasteiger partial charge in [-0.15, -0.1) is 11.6 Å². The van der Waals surface area contributed by atoms with Gasteiger partial charge in [-0.25, -0.2) is 4.79 Å². The molecule has 18 heavy (non-hydrogen) atoms. The molecule has 98 valence electrons. The van der Waals surface area contributed by atoms with Gasteiger partial charge >= 0.3 is 5.97 Å². The van der Waals surface area contributed by atoms with Crippen molar-refractivity contribution in [1.29, 1.82) is 0 Å². The number of ether oxygens (including phenoxy) is 1. The van der Waals surface area contributed by atoms with E-state index in [-0.39, 0.29) is 18.3 Å². The van der Waals surface area contributed by atoms with Gasteiger partial charge in [0.15, 0.2) is 5.78 Å². The van der Waals surface area contributed by atoms with Crippen LogP contribution in [0.5, 0.6) is 0 Å². The highest BCUT2D eigenvalue weighted by Crippen LogP contribution is 2.20. The van der Waals surface area contributed by atoms with Crippen molar-refractivity contribution >= 4 is 39.3 Å². The van der Waals surface area contributed by atoms with Gasteiger partial charge in [-0.05, 0) is 12.5 Å². The Hall–Kier alpha value is -0.870. The molecule has 1 rings (SSSR count). The lowest BCUT2D eigenvalue weighted by molar-refractivity contribution is 0.0522. The average Bonchev–Trinajstić information content (AvgIpc) is 2.38. The monoisotopic (exact) mass is 332 g/mol. The fraction of sp³-hybridized carbons (Fsp3) is 0.385. The topological polar surface area (TPSA) is 43.4 Å². The molecule has 0 aromatic heterocycles. The Morgan fingerprint density at radius 3 is 2.67 bits per heavy atom. The van der Waals surface area contributed by atoms with E-state index in [1.165, 1.54) is 0 Å². The van der Waals surface area contributed by atoms with Crippen LogP contribution in [0.4, 0.5) is 0 Å². The number of esters is 1. The van der Waals surface area contributed by atoms with Gasteiger partial charge in [-0.3, -0.25) is 4.79 Å². The lowest BCUT2D eigenvalue weighted by Crippen LogP contribution is -2.14. The molecular formula is C13H14BrClO3. The molecule has 0 spiro atoms. The normalized spacial score (nSPS) is 10.2. The largest absolute Gasteiger partial charge is 0.462 e. The van der Waals surface area contributed by atoms with E-state index in [9.17, 15) is 9.59 Å². The van der Waals surface area contributed by atoms with Crippen LogP contribution < -0.4 is 0 Å². The minimum atomic E-state index is -0.494. The highest BCUT2D eigenvalue weighted by molar-refractivity contribution is 9.09. The molecule has 1 aromatic carbocycles. The summed E-state index contributed by atoms with van der Waals surface area (Å²) < 4.78 is 4.98. The van der Waals surface area contributed by atoms with Crippen LogP contribution >= 0.6 is 27.5 Å². The van der Waals surface area contributed by atoms with E-state index in [1.807, 2.05) is 0 Å². The second kappa shape index (κ2) is 7.54. The molecule has 0 aliphatic carbocycles. The molecule has 0 aliphatic heterocycles. The van der Waals surface area contributed by atoms with Crippen LogP contribution in [-0.2, 0) is 10.6 Å². The third kappa shape index (κ3) is 3.56. The molecule has 0 bridgehead atoms. The van der Waals surface area contributed by atoms with Crippen LogP contribution in [0.2, 0.25) is 0 Å². The Morgan fingerprint density at radius 2 is 2.11 bits per heavy atom. The Kier molecular flexibility index (Phi) is 6.36. The highest BCUT2D eigenvalue weighted by atomic mass is 79.9. The van der Waals surface area contributed by atoms with Crippen LogP contribution in [-0.4, -0.2) is 23.7 Å². The van der Waals surface area contributed by atoms with E-state index in [4.69, 9.17) is 16.3 Å². The third-order valence-corrected chi connectivity index (χ3v) is 3.08. The first-order valence-electron chi connectivity index (χ1n) is 5.59. The van der Waals surface area contributed by atoms with E-state index in [1.54, 1.807) is 25.1 Å². The molecule has 0 atom stereocenters. The maximum absolute atomic E-state index is 12.0. The summed E-state index contributed by atoms with van der Waals surface area (Å²) in [5.41, 5.74) is 1.29.